The molecule has 0 aliphatic carbocycles. The molecule has 7 nitrogen and oxygen atoms in total. The average Bonchev–Trinajstić information content (AvgIpc) is 2.88. The molecule has 2 aliphatic heterocycles. The van der Waals surface area contributed by atoms with E-state index in [1.165, 1.54) is 12.0 Å². The highest BCUT2D eigenvalue weighted by Crippen LogP contribution is 2.35. The van der Waals surface area contributed by atoms with Gasteiger partial charge in [-0.2, -0.15) is 0 Å². The Morgan fingerprint density at radius 1 is 1.30 bits per heavy atom. The third-order valence-electron chi connectivity index (χ3n) is 3.66. The zero-order valence-corrected chi connectivity index (χ0v) is 12.3. The monoisotopic (exact) mass is 286 g/mol. The van der Waals surface area contributed by atoms with Gasteiger partial charge in [0.1, 0.15) is 11.6 Å². The normalized spacial score (nSPS) is 33.0. The predicted molar refractivity (Wildman–Crippen MR) is 69.9 cm³/mol. The van der Waals surface area contributed by atoms with Crippen LogP contribution in [0.4, 0.5) is 4.79 Å². The molecule has 4 atom stereocenters. The van der Waals surface area contributed by atoms with Crippen LogP contribution in [0, 0.1) is 5.92 Å². The van der Waals surface area contributed by atoms with Crippen LogP contribution in [0.2, 0.25) is 0 Å². The molecule has 2 heterocycles. The van der Waals surface area contributed by atoms with Crippen molar-refractivity contribution in [1.82, 2.24) is 4.90 Å². The summed E-state index contributed by atoms with van der Waals surface area (Å²) in [4.78, 5) is 25.7. The van der Waals surface area contributed by atoms with Gasteiger partial charge in [0.05, 0.1) is 26.4 Å². The van der Waals surface area contributed by atoms with Gasteiger partial charge in [0.25, 0.3) is 0 Å². The zero-order chi connectivity index (χ0) is 15.1. The predicted octanol–water partition coefficient (Wildman–Crippen LogP) is 0.121. The number of ether oxygens (including phenoxy) is 3. The molecule has 0 spiro atoms. The van der Waals surface area contributed by atoms with Gasteiger partial charge in [-0.25, -0.2) is 9.59 Å². The van der Waals surface area contributed by atoms with Crippen molar-refractivity contribution >= 4 is 12.1 Å². The number of nitrogens with two attached hydrogens (primary N) is 1. The molecule has 2 rings (SSSR count). The maximum atomic E-state index is 12.4. The Morgan fingerprint density at radius 2 is 1.95 bits per heavy atom. The first-order valence-electron chi connectivity index (χ1n) is 6.68. The van der Waals surface area contributed by atoms with Crippen molar-refractivity contribution in [3.8, 4) is 0 Å². The molecule has 7 heteroatoms. The summed E-state index contributed by atoms with van der Waals surface area (Å²) in [6.07, 6.45) is -0.554. The third kappa shape index (κ3) is 2.60. The fourth-order valence-corrected chi connectivity index (χ4v) is 2.79. The van der Waals surface area contributed by atoms with Crippen molar-refractivity contribution in [3.05, 3.63) is 0 Å². The molecule has 1 amide bonds. The first-order valence-corrected chi connectivity index (χ1v) is 6.68. The Balaban J connectivity index is 2.25. The topological polar surface area (TPSA) is 91.1 Å². The Bertz CT molecular complexity index is 406. The summed E-state index contributed by atoms with van der Waals surface area (Å²) in [5.41, 5.74) is 5.46. The maximum absolute atomic E-state index is 12.4. The smallest absolute Gasteiger partial charge is 0.411 e. The van der Waals surface area contributed by atoms with Crippen LogP contribution in [-0.4, -0.2) is 61.0 Å². The molecule has 4 unspecified atom stereocenters. The van der Waals surface area contributed by atoms with E-state index < -0.39 is 29.7 Å². The van der Waals surface area contributed by atoms with Crippen LogP contribution in [0.25, 0.3) is 0 Å². The lowest BCUT2D eigenvalue weighted by Gasteiger charge is -2.31. The average molecular weight is 286 g/mol. The van der Waals surface area contributed by atoms with E-state index in [9.17, 15) is 9.59 Å². The van der Waals surface area contributed by atoms with Crippen LogP contribution >= 0.6 is 0 Å². The first kappa shape index (κ1) is 15.1. The number of methoxy groups -OCH3 is 1. The van der Waals surface area contributed by atoms with E-state index in [4.69, 9.17) is 19.9 Å². The molecule has 0 aromatic heterocycles. The molecule has 0 saturated carbocycles. The molecule has 0 aromatic rings. The molecule has 2 saturated heterocycles. The number of rotatable bonds is 1. The third-order valence-corrected chi connectivity index (χ3v) is 3.66. The zero-order valence-electron chi connectivity index (χ0n) is 12.3. The fourth-order valence-electron chi connectivity index (χ4n) is 2.79. The van der Waals surface area contributed by atoms with Crippen LogP contribution in [0.3, 0.4) is 0 Å². The van der Waals surface area contributed by atoms with E-state index in [-0.39, 0.29) is 12.0 Å². The molecule has 2 fully saturated rings. The van der Waals surface area contributed by atoms with Crippen LogP contribution in [0.15, 0.2) is 0 Å². The fraction of sp³-hybridized carbons (Fsp3) is 0.846. The lowest BCUT2D eigenvalue weighted by molar-refractivity contribution is -0.146. The number of carbonyl (C=O) groups is 2. The largest absolute Gasteiger partial charge is 0.467 e. The van der Waals surface area contributed by atoms with Crippen LogP contribution in [-0.2, 0) is 19.0 Å². The highest BCUT2D eigenvalue weighted by molar-refractivity contribution is 5.83. The van der Waals surface area contributed by atoms with E-state index in [2.05, 4.69) is 0 Å². The Morgan fingerprint density at radius 3 is 2.50 bits per heavy atom. The number of likely N-dealkylation sites (tertiary alicyclic amines) is 1. The van der Waals surface area contributed by atoms with Crippen molar-refractivity contribution < 1.29 is 23.8 Å². The maximum Gasteiger partial charge on any atom is 0.411 e. The van der Waals surface area contributed by atoms with E-state index in [0.717, 1.165) is 0 Å². The second-order valence-electron chi connectivity index (χ2n) is 6.20. The lowest BCUT2D eigenvalue weighted by atomic mass is 9.97. The van der Waals surface area contributed by atoms with Gasteiger partial charge in [0.15, 0.2) is 0 Å². The summed E-state index contributed by atoms with van der Waals surface area (Å²) >= 11 is 0. The van der Waals surface area contributed by atoms with E-state index >= 15 is 0 Å². The molecule has 2 aliphatic rings. The quantitative estimate of drug-likeness (QED) is 0.689. The van der Waals surface area contributed by atoms with Gasteiger partial charge in [-0.3, -0.25) is 4.90 Å². The molecule has 20 heavy (non-hydrogen) atoms. The van der Waals surface area contributed by atoms with Gasteiger partial charge in [-0.15, -0.1) is 0 Å². The molecule has 0 bridgehead atoms. The number of carbonyl (C=O) groups excluding carboxylic acids is 2. The molecule has 114 valence electrons. The second kappa shape index (κ2) is 5.21. The van der Waals surface area contributed by atoms with Crippen molar-refractivity contribution in [3.63, 3.8) is 0 Å². The van der Waals surface area contributed by atoms with Crippen molar-refractivity contribution in [1.29, 1.82) is 0 Å². The molecule has 0 aromatic carbocycles. The highest BCUT2D eigenvalue weighted by atomic mass is 16.6. The van der Waals surface area contributed by atoms with Gasteiger partial charge >= 0.3 is 12.1 Å². The standard InChI is InChI=1S/C13H22N2O5/c1-13(2,3)20-12(17)15-8-6-19-5-7(8)9(14)10(15)11(16)18-4/h7-10H,5-6,14H2,1-4H3. The van der Waals surface area contributed by atoms with Crippen LogP contribution in [0.1, 0.15) is 20.8 Å². The molecule has 2 N–H and O–H groups in total. The number of nitrogens with zero attached hydrogens (tertiary/aromatic N) is 1. The number of fused-ring (bicyclic) bond motifs is 1. The van der Waals surface area contributed by atoms with Crippen LogP contribution in [0.5, 0.6) is 0 Å². The number of esters is 1. The van der Waals surface area contributed by atoms with Gasteiger partial charge in [0.2, 0.25) is 0 Å². The Hall–Kier alpha value is -1.34. The number of hydrogen-bond donors (Lipinski definition) is 1. The Labute approximate surface area is 118 Å². The summed E-state index contributed by atoms with van der Waals surface area (Å²) in [6.45, 7) is 6.13. The number of amides is 1. The lowest BCUT2D eigenvalue weighted by Crippen LogP contribution is -2.52. The summed E-state index contributed by atoms with van der Waals surface area (Å²) in [7, 11) is 1.28. The first-order chi connectivity index (χ1) is 9.26. The number of hydrogen-bond acceptors (Lipinski definition) is 6. The van der Waals surface area contributed by atoms with Crippen LogP contribution < -0.4 is 5.73 Å². The van der Waals surface area contributed by atoms with E-state index in [1.54, 1.807) is 20.8 Å². The molecular weight excluding hydrogens is 264 g/mol. The summed E-state index contributed by atoms with van der Waals surface area (Å²) in [5, 5.41) is 0. The minimum atomic E-state index is -0.811. The summed E-state index contributed by atoms with van der Waals surface area (Å²) < 4.78 is 15.5. The second-order valence-corrected chi connectivity index (χ2v) is 6.20. The van der Waals surface area contributed by atoms with Gasteiger partial charge < -0.3 is 19.9 Å². The van der Waals surface area contributed by atoms with Gasteiger partial charge in [-0.1, -0.05) is 0 Å². The van der Waals surface area contributed by atoms with Gasteiger partial charge in [0, 0.05) is 12.0 Å². The van der Waals surface area contributed by atoms with E-state index in [1.807, 2.05) is 0 Å². The highest BCUT2D eigenvalue weighted by Gasteiger charge is 2.56. The summed E-state index contributed by atoms with van der Waals surface area (Å²) in [6, 6.07) is -1.54. The molecule has 0 radical (unpaired) electrons. The summed E-state index contributed by atoms with van der Waals surface area (Å²) in [5.74, 6) is -0.579. The minimum Gasteiger partial charge on any atom is -0.467 e. The molecular formula is C13H22N2O5. The minimum absolute atomic E-state index is 0.0633. The van der Waals surface area contributed by atoms with Gasteiger partial charge in [-0.05, 0) is 20.8 Å². The van der Waals surface area contributed by atoms with Crippen molar-refractivity contribution in [2.75, 3.05) is 20.3 Å². The van der Waals surface area contributed by atoms with Crippen molar-refractivity contribution in [2.45, 2.75) is 44.5 Å². The van der Waals surface area contributed by atoms with E-state index in [0.29, 0.717) is 13.2 Å². The SMILES string of the molecule is COC(=O)C1C(N)C2COCC2N1C(=O)OC(C)(C)C. The Kier molecular flexibility index (Phi) is 3.93. The van der Waals surface area contributed by atoms with Crippen molar-refractivity contribution in [2.24, 2.45) is 11.7 Å².